The van der Waals surface area contributed by atoms with Crippen molar-refractivity contribution >= 4 is 11.8 Å². The number of aromatic amines is 1. The normalized spacial score (nSPS) is 24.6. The molecule has 7 heteroatoms. The molecule has 3 heterocycles. The number of carbonyl (C=O) groups excluding carboxylic acids is 2. The van der Waals surface area contributed by atoms with Crippen LogP contribution >= 0.6 is 0 Å². The van der Waals surface area contributed by atoms with Gasteiger partial charge in [0.05, 0.1) is 6.33 Å². The van der Waals surface area contributed by atoms with Gasteiger partial charge < -0.3 is 19.5 Å². The Hall–Kier alpha value is -1.89. The van der Waals surface area contributed by atoms with Gasteiger partial charge in [0.1, 0.15) is 6.61 Å². The number of nitrogens with zero attached hydrogens (tertiary/aromatic N) is 3. The van der Waals surface area contributed by atoms with E-state index in [1.807, 2.05) is 9.80 Å². The molecule has 1 unspecified atom stereocenters. The number of nitrogens with one attached hydrogen (secondary N) is 1. The van der Waals surface area contributed by atoms with Crippen LogP contribution in [-0.4, -0.2) is 71.5 Å². The number of piperidine rings is 2. The maximum absolute atomic E-state index is 12.3. The highest BCUT2D eigenvalue weighted by Gasteiger charge is 2.42. The Labute approximate surface area is 142 Å². The van der Waals surface area contributed by atoms with E-state index < -0.39 is 0 Å². The minimum Gasteiger partial charge on any atom is -0.375 e. The van der Waals surface area contributed by atoms with Crippen LogP contribution in [0, 0.1) is 5.41 Å². The van der Waals surface area contributed by atoms with Crippen molar-refractivity contribution in [2.45, 2.75) is 32.1 Å². The lowest BCUT2D eigenvalue weighted by Gasteiger charge is -2.48. The first kappa shape index (κ1) is 17.0. The zero-order chi connectivity index (χ0) is 17.0. The first-order valence-electron chi connectivity index (χ1n) is 8.64. The number of H-pyrrole nitrogens is 1. The molecule has 0 radical (unpaired) electrons. The van der Waals surface area contributed by atoms with Gasteiger partial charge in [-0.2, -0.15) is 0 Å². The number of rotatable bonds is 5. The summed E-state index contributed by atoms with van der Waals surface area (Å²) in [5, 5.41) is 0. The number of ether oxygens (including phenoxy) is 1. The summed E-state index contributed by atoms with van der Waals surface area (Å²) in [6.45, 7) is 3.12. The van der Waals surface area contributed by atoms with Gasteiger partial charge in [-0.3, -0.25) is 9.59 Å². The van der Waals surface area contributed by atoms with Crippen LogP contribution in [0.5, 0.6) is 0 Å². The van der Waals surface area contributed by atoms with E-state index >= 15 is 0 Å². The summed E-state index contributed by atoms with van der Waals surface area (Å²) in [4.78, 5) is 35.4. The largest absolute Gasteiger partial charge is 0.375 e. The predicted octanol–water partition coefficient (Wildman–Crippen LogP) is 0.830. The molecule has 2 aliphatic rings. The topological polar surface area (TPSA) is 78.5 Å². The second-order valence-electron chi connectivity index (χ2n) is 6.99. The minimum absolute atomic E-state index is 0.0452. The lowest BCUT2D eigenvalue weighted by Crippen LogP contribution is -2.55. The van der Waals surface area contributed by atoms with Crippen LogP contribution in [0.4, 0.5) is 0 Å². The molecule has 24 heavy (non-hydrogen) atoms. The third-order valence-corrected chi connectivity index (χ3v) is 5.24. The van der Waals surface area contributed by atoms with E-state index in [2.05, 4.69) is 9.97 Å². The number of hydrogen-bond acceptors (Lipinski definition) is 4. The zero-order valence-corrected chi connectivity index (χ0v) is 14.3. The zero-order valence-electron chi connectivity index (χ0n) is 14.3. The molecule has 2 amide bonds. The van der Waals surface area contributed by atoms with Crippen LogP contribution in [0.3, 0.4) is 0 Å². The molecule has 3 rings (SSSR count). The van der Waals surface area contributed by atoms with E-state index in [4.69, 9.17) is 4.74 Å². The summed E-state index contributed by atoms with van der Waals surface area (Å²) in [5.74, 6) is 0.276. The fraction of sp³-hybridized carbons (Fsp3) is 0.706. The summed E-state index contributed by atoms with van der Waals surface area (Å²) in [6, 6.07) is 0. The minimum atomic E-state index is 0.0452. The molecule has 2 fully saturated rings. The van der Waals surface area contributed by atoms with Gasteiger partial charge in [0.25, 0.3) is 0 Å². The summed E-state index contributed by atoms with van der Waals surface area (Å²) < 4.78 is 4.99. The van der Waals surface area contributed by atoms with Crippen molar-refractivity contribution in [2.75, 3.05) is 39.9 Å². The monoisotopic (exact) mass is 334 g/mol. The molecule has 2 saturated heterocycles. The Kier molecular flexibility index (Phi) is 5.18. The predicted molar refractivity (Wildman–Crippen MR) is 88.2 cm³/mol. The molecule has 0 saturated carbocycles. The van der Waals surface area contributed by atoms with Crippen molar-refractivity contribution in [1.29, 1.82) is 0 Å². The third kappa shape index (κ3) is 3.77. The summed E-state index contributed by atoms with van der Waals surface area (Å²) >= 11 is 0. The van der Waals surface area contributed by atoms with Crippen molar-refractivity contribution < 1.29 is 14.3 Å². The molecule has 0 bridgehead atoms. The van der Waals surface area contributed by atoms with E-state index in [-0.39, 0.29) is 23.8 Å². The van der Waals surface area contributed by atoms with Crippen molar-refractivity contribution in [1.82, 2.24) is 19.8 Å². The van der Waals surface area contributed by atoms with E-state index in [0.29, 0.717) is 13.0 Å². The summed E-state index contributed by atoms with van der Waals surface area (Å²) in [7, 11) is 1.55. The van der Waals surface area contributed by atoms with Gasteiger partial charge in [-0.1, -0.05) is 0 Å². The van der Waals surface area contributed by atoms with Gasteiger partial charge >= 0.3 is 0 Å². The highest BCUT2D eigenvalue weighted by atomic mass is 16.5. The molecular formula is C17H26N4O3. The fourth-order valence-electron chi connectivity index (χ4n) is 3.95. The second kappa shape index (κ2) is 7.34. The van der Waals surface area contributed by atoms with Crippen molar-refractivity contribution in [3.63, 3.8) is 0 Å². The van der Waals surface area contributed by atoms with E-state index in [1.165, 1.54) is 0 Å². The number of hydrogen-bond donors (Lipinski definition) is 1. The fourth-order valence-corrected chi connectivity index (χ4v) is 3.95. The lowest BCUT2D eigenvalue weighted by atomic mass is 9.73. The number of methoxy groups -OCH3 is 1. The number of imidazole rings is 1. The van der Waals surface area contributed by atoms with Gasteiger partial charge in [-0.25, -0.2) is 4.98 Å². The number of aromatic nitrogens is 2. The maximum Gasteiger partial charge on any atom is 0.248 e. The Morgan fingerprint density at radius 3 is 3.04 bits per heavy atom. The molecular weight excluding hydrogens is 308 g/mol. The van der Waals surface area contributed by atoms with Crippen molar-refractivity contribution in [3.8, 4) is 0 Å². The van der Waals surface area contributed by atoms with Crippen LogP contribution in [0.2, 0.25) is 0 Å². The Balaban J connectivity index is 1.62. The SMILES string of the molecule is COCC(=O)N1CCCC2(CCC(=O)N(CCc3cnc[nH]3)C2)C1. The van der Waals surface area contributed by atoms with Crippen molar-refractivity contribution in [2.24, 2.45) is 5.41 Å². The first-order valence-corrected chi connectivity index (χ1v) is 8.64. The molecule has 132 valence electrons. The van der Waals surface area contributed by atoms with Gasteiger partial charge in [0.15, 0.2) is 0 Å². The highest BCUT2D eigenvalue weighted by molar-refractivity contribution is 5.78. The van der Waals surface area contributed by atoms with Gasteiger partial charge in [0, 0.05) is 63.4 Å². The van der Waals surface area contributed by atoms with Crippen LogP contribution < -0.4 is 0 Å². The van der Waals surface area contributed by atoms with E-state index in [0.717, 1.165) is 51.0 Å². The average molecular weight is 334 g/mol. The standard InChI is InChI=1S/C17H26N4O3/c1-24-10-16(23)20-7-2-5-17(11-20)6-3-15(22)21(12-17)8-4-14-9-18-13-19-14/h9,13H,2-8,10-12H2,1H3,(H,18,19). The molecule has 1 aromatic heterocycles. The smallest absolute Gasteiger partial charge is 0.248 e. The first-order chi connectivity index (χ1) is 11.6. The Morgan fingerprint density at radius 1 is 1.42 bits per heavy atom. The van der Waals surface area contributed by atoms with Gasteiger partial charge in [-0.15, -0.1) is 0 Å². The molecule has 0 aromatic carbocycles. The van der Waals surface area contributed by atoms with Crippen molar-refractivity contribution in [3.05, 3.63) is 18.2 Å². The molecule has 2 aliphatic heterocycles. The maximum atomic E-state index is 12.3. The molecule has 0 aliphatic carbocycles. The van der Waals surface area contributed by atoms with Crippen LogP contribution in [0.1, 0.15) is 31.4 Å². The third-order valence-electron chi connectivity index (χ3n) is 5.24. The second-order valence-corrected chi connectivity index (χ2v) is 6.99. The number of carbonyl (C=O) groups is 2. The summed E-state index contributed by atoms with van der Waals surface area (Å²) in [6.07, 6.45) is 7.79. The highest BCUT2D eigenvalue weighted by Crippen LogP contribution is 2.38. The van der Waals surface area contributed by atoms with E-state index in [9.17, 15) is 9.59 Å². The number of amides is 2. The molecule has 1 N–H and O–H groups in total. The lowest BCUT2D eigenvalue weighted by molar-refractivity contribution is -0.144. The van der Waals surface area contributed by atoms with E-state index in [1.54, 1.807) is 19.6 Å². The van der Waals surface area contributed by atoms with Crippen LogP contribution in [0.15, 0.2) is 12.5 Å². The summed E-state index contributed by atoms with van der Waals surface area (Å²) in [5.41, 5.74) is 1.09. The molecule has 1 atom stereocenters. The quantitative estimate of drug-likeness (QED) is 0.865. The Bertz CT molecular complexity index is 574. The molecule has 7 nitrogen and oxygen atoms in total. The molecule has 1 aromatic rings. The van der Waals surface area contributed by atoms with Crippen LogP contribution in [-0.2, 0) is 20.7 Å². The average Bonchev–Trinajstić information content (AvgIpc) is 3.10. The number of likely N-dealkylation sites (tertiary alicyclic amines) is 2. The molecule has 1 spiro atoms. The van der Waals surface area contributed by atoms with Crippen LogP contribution in [0.25, 0.3) is 0 Å². The van der Waals surface area contributed by atoms with Gasteiger partial charge in [-0.05, 0) is 19.3 Å². The Morgan fingerprint density at radius 2 is 2.29 bits per heavy atom. The van der Waals surface area contributed by atoms with Gasteiger partial charge in [0.2, 0.25) is 11.8 Å².